The summed E-state index contributed by atoms with van der Waals surface area (Å²) in [4.78, 5) is 13.2. The summed E-state index contributed by atoms with van der Waals surface area (Å²) >= 11 is 21.9. The van der Waals surface area contributed by atoms with Gasteiger partial charge in [-0.1, -0.05) is 34.8 Å². The Bertz CT molecular complexity index is 183. The Balaban J connectivity index is 4.74. The van der Waals surface area contributed by atoms with Gasteiger partial charge in [0, 0.05) is 0 Å². The normalized spacial score (nSPS) is 16.8. The van der Waals surface area contributed by atoms with Gasteiger partial charge in [0.05, 0.1) is 5.88 Å². The summed E-state index contributed by atoms with van der Waals surface area (Å²) in [5.41, 5.74) is -1.21. The predicted octanol–water partition coefficient (Wildman–Crippen LogP) is 2.69. The molecular formula is C5H5Cl4NO. The SMILES string of the molecule is CC(CCl)(N=C=O)C(Cl)(Cl)Cl. The molecule has 0 aromatic rings. The average molecular weight is 237 g/mol. The molecule has 0 radical (unpaired) electrons. The highest BCUT2D eigenvalue weighted by atomic mass is 35.6. The number of hydrogen-bond acceptors (Lipinski definition) is 2. The van der Waals surface area contributed by atoms with Crippen molar-refractivity contribution in [1.29, 1.82) is 0 Å². The van der Waals surface area contributed by atoms with Gasteiger partial charge in [-0.25, -0.2) is 4.79 Å². The van der Waals surface area contributed by atoms with E-state index in [-0.39, 0.29) is 5.88 Å². The minimum absolute atomic E-state index is 0.0568. The lowest BCUT2D eigenvalue weighted by molar-refractivity contribution is 0.515. The van der Waals surface area contributed by atoms with E-state index in [1.54, 1.807) is 0 Å². The van der Waals surface area contributed by atoms with Crippen LogP contribution < -0.4 is 0 Å². The summed E-state index contributed by atoms with van der Waals surface area (Å²) < 4.78 is -1.69. The molecule has 11 heavy (non-hydrogen) atoms. The zero-order valence-corrected chi connectivity index (χ0v) is 8.60. The fraction of sp³-hybridized carbons (Fsp3) is 0.800. The third-order valence-electron chi connectivity index (χ3n) is 1.16. The van der Waals surface area contributed by atoms with Gasteiger partial charge in [0.25, 0.3) is 0 Å². The van der Waals surface area contributed by atoms with Crippen molar-refractivity contribution in [3.8, 4) is 0 Å². The fourth-order valence-electron chi connectivity index (χ4n) is 0.270. The fourth-order valence-corrected chi connectivity index (χ4v) is 1.06. The zero-order valence-electron chi connectivity index (χ0n) is 5.57. The highest BCUT2D eigenvalue weighted by Crippen LogP contribution is 2.41. The number of isocyanates is 1. The summed E-state index contributed by atoms with van der Waals surface area (Å²) in [6.45, 7) is 1.46. The second-order valence-electron chi connectivity index (χ2n) is 2.11. The first-order chi connectivity index (χ1) is 4.87. The van der Waals surface area contributed by atoms with Crippen LogP contribution in [-0.4, -0.2) is 21.3 Å². The van der Waals surface area contributed by atoms with Gasteiger partial charge >= 0.3 is 0 Å². The van der Waals surface area contributed by atoms with Crippen molar-refractivity contribution in [2.45, 2.75) is 16.3 Å². The lowest BCUT2D eigenvalue weighted by atomic mass is 10.1. The summed E-state index contributed by atoms with van der Waals surface area (Å²) in [7, 11) is 0. The number of hydrogen-bond donors (Lipinski definition) is 0. The van der Waals surface area contributed by atoms with Gasteiger partial charge in [-0.05, 0) is 6.92 Å². The summed E-state index contributed by atoms with van der Waals surface area (Å²) in [5.74, 6) is -0.0568. The molecule has 0 aromatic heterocycles. The van der Waals surface area contributed by atoms with Crippen molar-refractivity contribution in [2.24, 2.45) is 4.99 Å². The Morgan fingerprint density at radius 1 is 1.45 bits per heavy atom. The maximum atomic E-state index is 9.90. The minimum atomic E-state index is -1.69. The van der Waals surface area contributed by atoms with E-state index >= 15 is 0 Å². The van der Waals surface area contributed by atoms with Gasteiger partial charge in [0.2, 0.25) is 9.87 Å². The van der Waals surface area contributed by atoms with Crippen molar-refractivity contribution in [3.63, 3.8) is 0 Å². The van der Waals surface area contributed by atoms with Crippen molar-refractivity contribution in [3.05, 3.63) is 0 Å². The van der Waals surface area contributed by atoms with E-state index in [9.17, 15) is 4.79 Å². The second kappa shape index (κ2) is 3.97. The highest BCUT2D eigenvalue weighted by molar-refractivity contribution is 6.68. The molecular weight excluding hydrogens is 232 g/mol. The Hall–Kier alpha value is 0.540. The van der Waals surface area contributed by atoms with Crippen LogP contribution in [0.15, 0.2) is 4.99 Å². The Labute approximate surface area is 84.5 Å². The average Bonchev–Trinajstić information content (AvgIpc) is 1.86. The first-order valence-corrected chi connectivity index (χ1v) is 4.26. The van der Waals surface area contributed by atoms with Crippen LogP contribution in [0, 0.1) is 0 Å². The van der Waals surface area contributed by atoms with Crippen LogP contribution in [0.3, 0.4) is 0 Å². The van der Waals surface area contributed by atoms with Crippen molar-refractivity contribution < 1.29 is 4.79 Å². The molecule has 1 atom stereocenters. The van der Waals surface area contributed by atoms with E-state index in [0.29, 0.717) is 0 Å². The van der Waals surface area contributed by atoms with E-state index in [4.69, 9.17) is 46.4 Å². The number of halogens is 4. The predicted molar refractivity (Wildman–Crippen MR) is 47.5 cm³/mol. The maximum Gasteiger partial charge on any atom is 0.235 e. The smallest absolute Gasteiger partial charge is 0.211 e. The minimum Gasteiger partial charge on any atom is -0.211 e. The van der Waals surface area contributed by atoms with Crippen LogP contribution in [0.4, 0.5) is 0 Å². The van der Waals surface area contributed by atoms with Crippen molar-refractivity contribution in [2.75, 3.05) is 5.88 Å². The van der Waals surface area contributed by atoms with E-state index in [1.807, 2.05) is 0 Å². The molecule has 0 fully saturated rings. The molecule has 0 aromatic carbocycles. The van der Waals surface area contributed by atoms with Crippen LogP contribution in [0.5, 0.6) is 0 Å². The van der Waals surface area contributed by atoms with Gasteiger partial charge in [0.15, 0.2) is 0 Å². The first-order valence-electron chi connectivity index (χ1n) is 2.59. The lowest BCUT2D eigenvalue weighted by Crippen LogP contribution is -2.39. The summed E-state index contributed by atoms with van der Waals surface area (Å²) in [5, 5.41) is 0. The molecule has 0 aliphatic heterocycles. The van der Waals surface area contributed by atoms with E-state index in [2.05, 4.69) is 4.99 Å². The van der Waals surface area contributed by atoms with Crippen LogP contribution in [0.2, 0.25) is 0 Å². The molecule has 64 valence electrons. The van der Waals surface area contributed by atoms with Crippen LogP contribution in [-0.2, 0) is 4.79 Å². The topological polar surface area (TPSA) is 29.4 Å². The summed E-state index contributed by atoms with van der Waals surface area (Å²) in [6, 6.07) is 0. The molecule has 0 aliphatic carbocycles. The molecule has 0 saturated carbocycles. The largest absolute Gasteiger partial charge is 0.235 e. The molecule has 6 heteroatoms. The number of nitrogens with zero attached hydrogens (tertiary/aromatic N) is 1. The quantitative estimate of drug-likeness (QED) is 0.412. The van der Waals surface area contributed by atoms with Crippen molar-refractivity contribution >= 4 is 52.5 Å². The Morgan fingerprint density at radius 3 is 2.00 bits per heavy atom. The Morgan fingerprint density at radius 2 is 1.91 bits per heavy atom. The molecule has 0 saturated heterocycles. The van der Waals surface area contributed by atoms with E-state index in [1.165, 1.54) is 13.0 Å². The number of alkyl halides is 4. The van der Waals surface area contributed by atoms with E-state index < -0.39 is 9.33 Å². The standard InChI is InChI=1S/C5H5Cl4NO/c1-4(2-6,10-3-11)5(7,8)9/h2H2,1H3. The van der Waals surface area contributed by atoms with Gasteiger partial charge in [-0.15, -0.1) is 11.6 Å². The van der Waals surface area contributed by atoms with Crippen molar-refractivity contribution in [1.82, 2.24) is 0 Å². The van der Waals surface area contributed by atoms with Crippen LogP contribution >= 0.6 is 46.4 Å². The van der Waals surface area contributed by atoms with Crippen LogP contribution in [0.25, 0.3) is 0 Å². The number of aliphatic imine (C=N–C) groups is 1. The monoisotopic (exact) mass is 235 g/mol. The molecule has 0 rings (SSSR count). The maximum absolute atomic E-state index is 9.90. The van der Waals surface area contributed by atoms with E-state index in [0.717, 1.165) is 0 Å². The molecule has 0 amide bonds. The highest BCUT2D eigenvalue weighted by Gasteiger charge is 2.44. The third-order valence-corrected chi connectivity index (χ3v) is 2.91. The first kappa shape index (κ1) is 11.5. The molecule has 0 aliphatic rings. The molecule has 0 heterocycles. The second-order valence-corrected chi connectivity index (χ2v) is 4.66. The molecule has 0 bridgehead atoms. The summed E-state index contributed by atoms with van der Waals surface area (Å²) in [6.07, 6.45) is 1.30. The molecule has 2 nitrogen and oxygen atoms in total. The van der Waals surface area contributed by atoms with Gasteiger partial charge < -0.3 is 0 Å². The molecule has 0 N–H and O–H groups in total. The lowest BCUT2D eigenvalue weighted by Gasteiger charge is -2.27. The van der Waals surface area contributed by atoms with Gasteiger partial charge in [-0.2, -0.15) is 4.99 Å². The Kier molecular flexibility index (Phi) is 4.17. The molecule has 1 unspecified atom stereocenters. The van der Waals surface area contributed by atoms with Crippen LogP contribution in [0.1, 0.15) is 6.92 Å². The number of rotatable bonds is 2. The zero-order chi connectivity index (χ0) is 9.12. The third kappa shape index (κ3) is 2.81. The number of carbonyl (C=O) groups excluding carboxylic acids is 1. The van der Waals surface area contributed by atoms with Gasteiger partial charge in [0.1, 0.15) is 5.54 Å². The van der Waals surface area contributed by atoms with Gasteiger partial charge in [-0.3, -0.25) is 0 Å². The molecule has 0 spiro atoms.